The first-order chi connectivity index (χ1) is 13.5. The molecule has 144 valence electrons. The Bertz CT molecular complexity index is 1070. The van der Waals surface area contributed by atoms with Crippen LogP contribution in [0.15, 0.2) is 40.5 Å². The van der Waals surface area contributed by atoms with Crippen LogP contribution in [0.25, 0.3) is 21.8 Å². The molecule has 1 aliphatic heterocycles. The molecule has 1 amide bonds. The van der Waals surface area contributed by atoms with Crippen LogP contribution in [-0.4, -0.2) is 47.0 Å². The number of halogens is 1. The number of H-pyrrole nitrogens is 1. The predicted molar refractivity (Wildman–Crippen MR) is 112 cm³/mol. The summed E-state index contributed by atoms with van der Waals surface area (Å²) >= 11 is 7.32. The van der Waals surface area contributed by atoms with E-state index in [1.165, 1.54) is 11.3 Å². The molecule has 28 heavy (non-hydrogen) atoms. The van der Waals surface area contributed by atoms with Gasteiger partial charge in [0, 0.05) is 47.8 Å². The minimum atomic E-state index is -0.244. The summed E-state index contributed by atoms with van der Waals surface area (Å²) in [7, 11) is 0. The van der Waals surface area contributed by atoms with Crippen molar-refractivity contribution < 1.29 is 4.79 Å². The zero-order valence-corrected chi connectivity index (χ0v) is 16.9. The van der Waals surface area contributed by atoms with Gasteiger partial charge in [0.2, 0.25) is 0 Å². The second-order valence-electron chi connectivity index (χ2n) is 6.64. The normalized spacial score (nSPS) is 14.3. The summed E-state index contributed by atoms with van der Waals surface area (Å²) in [6, 6.07) is 9.06. The first-order valence-electron chi connectivity index (χ1n) is 8.98. The van der Waals surface area contributed by atoms with Crippen LogP contribution in [0.2, 0.25) is 5.02 Å². The SMILES string of the molecule is Cc1[nH]c(=O)c(-c2nc(-c3ccc(Cl)cc3)cs2)cc1C(=O)N1CCNCC1. The number of amides is 1. The highest BCUT2D eigenvalue weighted by Gasteiger charge is 2.22. The van der Waals surface area contributed by atoms with E-state index in [0.717, 1.165) is 24.3 Å². The van der Waals surface area contributed by atoms with Gasteiger partial charge in [-0.3, -0.25) is 9.59 Å². The quantitative estimate of drug-likeness (QED) is 0.690. The lowest BCUT2D eigenvalue weighted by Gasteiger charge is -2.28. The molecule has 3 aromatic rings. The van der Waals surface area contributed by atoms with Crippen LogP contribution in [0, 0.1) is 6.92 Å². The monoisotopic (exact) mass is 414 g/mol. The van der Waals surface area contributed by atoms with Gasteiger partial charge in [0.05, 0.1) is 16.8 Å². The van der Waals surface area contributed by atoms with Gasteiger partial charge in [-0.05, 0) is 25.1 Å². The van der Waals surface area contributed by atoms with Crippen molar-refractivity contribution in [3.8, 4) is 21.8 Å². The number of aromatic nitrogens is 2. The van der Waals surface area contributed by atoms with Gasteiger partial charge in [-0.1, -0.05) is 23.7 Å². The van der Waals surface area contributed by atoms with Crippen LogP contribution in [0.3, 0.4) is 0 Å². The highest BCUT2D eigenvalue weighted by molar-refractivity contribution is 7.13. The zero-order valence-electron chi connectivity index (χ0n) is 15.3. The van der Waals surface area contributed by atoms with Gasteiger partial charge in [0.25, 0.3) is 11.5 Å². The molecular weight excluding hydrogens is 396 g/mol. The second-order valence-corrected chi connectivity index (χ2v) is 7.93. The number of nitrogens with one attached hydrogen (secondary N) is 2. The van der Waals surface area contributed by atoms with Gasteiger partial charge in [-0.2, -0.15) is 0 Å². The molecule has 1 fully saturated rings. The third kappa shape index (κ3) is 3.73. The molecular formula is C20H19ClN4O2S. The molecule has 1 aromatic carbocycles. The fraction of sp³-hybridized carbons (Fsp3) is 0.250. The fourth-order valence-electron chi connectivity index (χ4n) is 3.19. The van der Waals surface area contributed by atoms with Crippen molar-refractivity contribution in [1.82, 2.24) is 20.2 Å². The summed E-state index contributed by atoms with van der Waals surface area (Å²) in [6.45, 7) is 4.62. The molecule has 2 aromatic heterocycles. The van der Waals surface area contributed by atoms with E-state index in [2.05, 4.69) is 15.3 Å². The number of aromatic amines is 1. The smallest absolute Gasteiger partial charge is 0.258 e. The summed E-state index contributed by atoms with van der Waals surface area (Å²) < 4.78 is 0. The van der Waals surface area contributed by atoms with Crippen LogP contribution in [0.5, 0.6) is 0 Å². The van der Waals surface area contributed by atoms with Gasteiger partial charge < -0.3 is 15.2 Å². The standard InChI is InChI=1S/C20H19ClN4O2S/c1-12-15(20(27)25-8-6-22-7-9-25)10-16(18(26)23-12)19-24-17(11-28-19)13-2-4-14(21)5-3-13/h2-5,10-11,22H,6-9H2,1H3,(H,23,26). The number of carbonyl (C=O) groups is 1. The molecule has 0 aliphatic carbocycles. The average molecular weight is 415 g/mol. The highest BCUT2D eigenvalue weighted by Crippen LogP contribution is 2.28. The Morgan fingerprint density at radius 1 is 1.21 bits per heavy atom. The molecule has 0 saturated carbocycles. The first-order valence-corrected chi connectivity index (χ1v) is 10.2. The Kier molecular flexibility index (Phi) is 5.30. The first kappa shape index (κ1) is 18.9. The number of nitrogens with zero attached hydrogens (tertiary/aromatic N) is 2. The molecule has 0 spiro atoms. The van der Waals surface area contributed by atoms with Crippen molar-refractivity contribution in [2.75, 3.05) is 26.2 Å². The van der Waals surface area contributed by atoms with E-state index in [4.69, 9.17) is 11.6 Å². The molecule has 0 atom stereocenters. The largest absolute Gasteiger partial charge is 0.336 e. The Labute approximate surface area is 171 Å². The highest BCUT2D eigenvalue weighted by atomic mass is 35.5. The number of hydrogen-bond acceptors (Lipinski definition) is 5. The Morgan fingerprint density at radius 2 is 1.93 bits per heavy atom. The molecule has 0 radical (unpaired) electrons. The molecule has 6 nitrogen and oxygen atoms in total. The van der Waals surface area contributed by atoms with Gasteiger partial charge >= 0.3 is 0 Å². The molecule has 8 heteroatoms. The second kappa shape index (κ2) is 7.87. The lowest BCUT2D eigenvalue weighted by molar-refractivity contribution is 0.0734. The predicted octanol–water partition coefficient (Wildman–Crippen LogP) is 3.17. The lowest BCUT2D eigenvalue weighted by Crippen LogP contribution is -2.46. The van der Waals surface area contributed by atoms with E-state index in [-0.39, 0.29) is 11.5 Å². The van der Waals surface area contributed by atoms with Crippen molar-refractivity contribution in [3.63, 3.8) is 0 Å². The van der Waals surface area contributed by atoms with E-state index in [0.29, 0.717) is 39.9 Å². The number of pyridine rings is 1. The topological polar surface area (TPSA) is 78.1 Å². The molecule has 4 rings (SSSR count). The lowest BCUT2D eigenvalue weighted by atomic mass is 10.1. The molecule has 0 unspecified atom stereocenters. The Balaban J connectivity index is 1.69. The van der Waals surface area contributed by atoms with Crippen LogP contribution in [0.4, 0.5) is 0 Å². The summed E-state index contributed by atoms with van der Waals surface area (Å²) in [4.78, 5) is 34.7. The minimum Gasteiger partial charge on any atom is -0.336 e. The summed E-state index contributed by atoms with van der Waals surface area (Å²) in [5.41, 5.74) is 2.95. The number of aryl methyl sites for hydroxylation is 1. The number of benzene rings is 1. The summed E-state index contributed by atoms with van der Waals surface area (Å²) in [5, 5.41) is 6.38. The van der Waals surface area contributed by atoms with Crippen molar-refractivity contribution >= 4 is 28.8 Å². The maximum Gasteiger partial charge on any atom is 0.258 e. The van der Waals surface area contributed by atoms with E-state index in [1.54, 1.807) is 25.1 Å². The van der Waals surface area contributed by atoms with Crippen molar-refractivity contribution in [3.05, 3.63) is 62.3 Å². The van der Waals surface area contributed by atoms with Crippen LogP contribution < -0.4 is 10.9 Å². The van der Waals surface area contributed by atoms with Gasteiger partial charge in [0.1, 0.15) is 5.01 Å². The molecule has 2 N–H and O–H groups in total. The summed E-state index contributed by atoms with van der Waals surface area (Å²) in [5.74, 6) is -0.0639. The maximum absolute atomic E-state index is 12.9. The van der Waals surface area contributed by atoms with Crippen LogP contribution in [0.1, 0.15) is 16.1 Å². The van der Waals surface area contributed by atoms with Gasteiger partial charge in [-0.15, -0.1) is 11.3 Å². The fourth-order valence-corrected chi connectivity index (χ4v) is 4.16. The molecule has 1 saturated heterocycles. The van der Waals surface area contributed by atoms with Crippen LogP contribution in [-0.2, 0) is 0 Å². The molecule has 0 bridgehead atoms. The summed E-state index contributed by atoms with van der Waals surface area (Å²) in [6.07, 6.45) is 0. The van der Waals surface area contributed by atoms with Gasteiger partial charge in [-0.25, -0.2) is 4.98 Å². The minimum absolute atomic E-state index is 0.0639. The van der Waals surface area contributed by atoms with E-state index >= 15 is 0 Å². The van der Waals surface area contributed by atoms with Crippen molar-refractivity contribution in [2.24, 2.45) is 0 Å². The number of thiazole rings is 1. The Morgan fingerprint density at radius 3 is 2.64 bits per heavy atom. The third-order valence-corrected chi connectivity index (χ3v) is 5.88. The van der Waals surface area contributed by atoms with E-state index in [9.17, 15) is 9.59 Å². The van der Waals surface area contributed by atoms with E-state index < -0.39 is 0 Å². The number of piperazine rings is 1. The maximum atomic E-state index is 12.9. The number of hydrogen-bond donors (Lipinski definition) is 2. The van der Waals surface area contributed by atoms with E-state index in [1.807, 2.05) is 22.4 Å². The number of carbonyl (C=O) groups excluding carboxylic acids is 1. The van der Waals surface area contributed by atoms with Crippen molar-refractivity contribution in [1.29, 1.82) is 0 Å². The van der Waals surface area contributed by atoms with Gasteiger partial charge in [0.15, 0.2) is 0 Å². The number of rotatable bonds is 3. The average Bonchev–Trinajstić information content (AvgIpc) is 3.19. The molecule has 3 heterocycles. The Hall–Kier alpha value is -2.48. The van der Waals surface area contributed by atoms with Crippen LogP contribution >= 0.6 is 22.9 Å². The van der Waals surface area contributed by atoms with Crippen molar-refractivity contribution in [2.45, 2.75) is 6.92 Å². The molecule has 1 aliphatic rings. The third-order valence-electron chi connectivity index (χ3n) is 4.75. The zero-order chi connectivity index (χ0) is 19.7.